The predicted molar refractivity (Wildman–Crippen MR) is 193 cm³/mol. The Morgan fingerprint density at radius 2 is 1.45 bits per heavy atom. The number of aromatic nitrogens is 2. The van der Waals surface area contributed by atoms with Crippen LogP contribution in [0.2, 0.25) is 0 Å². The van der Waals surface area contributed by atoms with E-state index in [0.29, 0.717) is 5.76 Å². The standard InChI is InChI=1S/C37H48N6O7S/c1-23(2)31(42-36(47)43(5)20-27-22-51-35(39-27)24(3)4)34(46)40-29(18-25-12-8-6-9-13-25)32(44)33(45)30(19-26-14-10-7-11-15-26)41-37(48)49-21-28-16-17-38-50-28/h6-17,22-24,29-33,44-45H,18-21H2,1-5H3,(H,40,46)(H,41,48)(H,42,47)/t29-,30-,31-,32-,33-/m0/s1. The second-order valence-electron chi connectivity index (χ2n) is 13.1. The summed E-state index contributed by atoms with van der Waals surface area (Å²) in [5.41, 5.74) is 2.34. The molecule has 51 heavy (non-hydrogen) atoms. The first-order valence-corrected chi connectivity index (χ1v) is 17.8. The molecule has 5 N–H and O–H groups in total. The maximum atomic E-state index is 13.9. The van der Waals surface area contributed by atoms with Gasteiger partial charge >= 0.3 is 12.1 Å². The van der Waals surface area contributed by atoms with Crippen LogP contribution in [-0.4, -0.2) is 80.7 Å². The van der Waals surface area contributed by atoms with E-state index >= 15 is 0 Å². The number of nitrogens with one attached hydrogen (secondary N) is 3. The van der Waals surface area contributed by atoms with E-state index in [-0.39, 0.29) is 37.8 Å². The number of carbonyl (C=O) groups is 3. The van der Waals surface area contributed by atoms with E-state index in [0.717, 1.165) is 21.8 Å². The average molecular weight is 721 g/mol. The van der Waals surface area contributed by atoms with Gasteiger partial charge in [-0.15, -0.1) is 11.3 Å². The molecule has 0 bridgehead atoms. The molecule has 0 saturated carbocycles. The molecule has 0 aliphatic carbocycles. The lowest BCUT2D eigenvalue weighted by Crippen LogP contribution is -2.60. The van der Waals surface area contributed by atoms with Crippen LogP contribution in [0.4, 0.5) is 9.59 Å². The molecule has 2 aromatic heterocycles. The summed E-state index contributed by atoms with van der Waals surface area (Å²) < 4.78 is 10.3. The maximum absolute atomic E-state index is 13.9. The van der Waals surface area contributed by atoms with Gasteiger partial charge in [-0.1, -0.05) is 93.5 Å². The second-order valence-corrected chi connectivity index (χ2v) is 14.0. The smallest absolute Gasteiger partial charge is 0.407 e. The van der Waals surface area contributed by atoms with E-state index in [1.807, 2.05) is 79.9 Å². The number of amides is 4. The van der Waals surface area contributed by atoms with Crippen molar-refractivity contribution in [2.45, 2.75) is 89.9 Å². The molecule has 0 spiro atoms. The Labute approximate surface area is 302 Å². The van der Waals surface area contributed by atoms with Crippen molar-refractivity contribution >= 4 is 29.4 Å². The van der Waals surface area contributed by atoms with Crippen LogP contribution in [0.5, 0.6) is 0 Å². The zero-order valence-electron chi connectivity index (χ0n) is 29.6. The van der Waals surface area contributed by atoms with E-state index in [9.17, 15) is 24.6 Å². The Balaban J connectivity index is 1.50. The van der Waals surface area contributed by atoms with Crippen molar-refractivity contribution in [2.75, 3.05) is 7.05 Å². The van der Waals surface area contributed by atoms with Gasteiger partial charge in [0.15, 0.2) is 12.4 Å². The van der Waals surface area contributed by atoms with Crippen LogP contribution in [-0.2, 0) is 35.5 Å². The molecule has 4 rings (SSSR count). The van der Waals surface area contributed by atoms with Gasteiger partial charge in [-0.05, 0) is 29.9 Å². The second kappa shape index (κ2) is 19.0. The largest absolute Gasteiger partial charge is 0.441 e. The number of aliphatic hydroxyl groups excluding tert-OH is 2. The summed E-state index contributed by atoms with van der Waals surface area (Å²) in [6, 6.07) is 16.5. The summed E-state index contributed by atoms with van der Waals surface area (Å²) >= 11 is 1.54. The van der Waals surface area contributed by atoms with Crippen LogP contribution in [0.3, 0.4) is 0 Å². The van der Waals surface area contributed by atoms with Crippen molar-refractivity contribution in [1.82, 2.24) is 31.0 Å². The number of nitrogens with zero attached hydrogens (tertiary/aromatic N) is 3. The maximum Gasteiger partial charge on any atom is 0.407 e. The number of alkyl carbamates (subject to hydrolysis) is 1. The van der Waals surface area contributed by atoms with E-state index in [1.165, 1.54) is 11.1 Å². The highest BCUT2D eigenvalue weighted by atomic mass is 32.1. The van der Waals surface area contributed by atoms with Gasteiger partial charge in [-0.2, -0.15) is 0 Å². The van der Waals surface area contributed by atoms with Crippen LogP contribution < -0.4 is 16.0 Å². The first kappa shape index (κ1) is 39.0. The highest BCUT2D eigenvalue weighted by Gasteiger charge is 2.36. The van der Waals surface area contributed by atoms with Gasteiger partial charge in [0.25, 0.3) is 0 Å². The minimum Gasteiger partial charge on any atom is -0.441 e. The third-order valence-corrected chi connectivity index (χ3v) is 9.47. The van der Waals surface area contributed by atoms with Gasteiger partial charge < -0.3 is 40.3 Å². The van der Waals surface area contributed by atoms with Crippen molar-refractivity contribution in [1.29, 1.82) is 0 Å². The Morgan fingerprint density at radius 3 is 1.96 bits per heavy atom. The number of urea groups is 1. The molecular weight excluding hydrogens is 673 g/mol. The quantitative estimate of drug-likeness (QED) is 0.106. The number of rotatable bonds is 17. The lowest BCUT2D eigenvalue weighted by molar-refractivity contribution is -0.126. The summed E-state index contributed by atoms with van der Waals surface area (Å²) in [5.74, 6) is -0.246. The van der Waals surface area contributed by atoms with Crippen LogP contribution in [0.1, 0.15) is 61.2 Å². The van der Waals surface area contributed by atoms with Gasteiger partial charge in [-0.25, -0.2) is 14.6 Å². The molecule has 0 radical (unpaired) electrons. The molecule has 0 fully saturated rings. The van der Waals surface area contributed by atoms with Crippen LogP contribution in [0.25, 0.3) is 0 Å². The lowest BCUT2D eigenvalue weighted by atomic mass is 9.90. The highest BCUT2D eigenvalue weighted by Crippen LogP contribution is 2.20. The molecule has 0 aliphatic rings. The minimum absolute atomic E-state index is 0.150. The van der Waals surface area contributed by atoms with Gasteiger partial charge in [0.1, 0.15) is 18.2 Å². The normalized spacial score (nSPS) is 14.3. The molecule has 14 heteroatoms. The summed E-state index contributed by atoms with van der Waals surface area (Å²) in [5, 5.41) is 38.3. The highest BCUT2D eigenvalue weighted by molar-refractivity contribution is 7.09. The molecule has 0 saturated heterocycles. The number of aliphatic hydroxyl groups is 2. The molecule has 4 amide bonds. The minimum atomic E-state index is -1.55. The number of hydrogen-bond acceptors (Lipinski definition) is 10. The van der Waals surface area contributed by atoms with Crippen molar-refractivity contribution in [3.63, 3.8) is 0 Å². The number of benzene rings is 2. The number of thiazole rings is 1. The molecule has 274 valence electrons. The van der Waals surface area contributed by atoms with E-state index in [4.69, 9.17) is 9.26 Å². The lowest BCUT2D eigenvalue weighted by Gasteiger charge is -2.34. The van der Waals surface area contributed by atoms with E-state index in [2.05, 4.69) is 39.9 Å². The Bertz CT molecular complexity index is 1650. The molecule has 2 aromatic carbocycles. The van der Waals surface area contributed by atoms with Crippen molar-refractivity contribution < 1.29 is 33.9 Å². The molecule has 2 heterocycles. The van der Waals surface area contributed by atoms with Gasteiger partial charge in [0.2, 0.25) is 5.91 Å². The van der Waals surface area contributed by atoms with Crippen molar-refractivity contribution in [3.05, 3.63) is 106 Å². The predicted octanol–water partition coefficient (Wildman–Crippen LogP) is 4.41. The Kier molecular flexibility index (Phi) is 14.5. The topological polar surface area (TPSA) is 179 Å². The van der Waals surface area contributed by atoms with Crippen LogP contribution >= 0.6 is 11.3 Å². The van der Waals surface area contributed by atoms with Crippen LogP contribution in [0.15, 0.2) is 82.8 Å². The first-order chi connectivity index (χ1) is 24.4. The summed E-state index contributed by atoms with van der Waals surface area (Å²) in [6.45, 7) is 7.81. The molecule has 4 aromatic rings. The fraction of sp³-hybridized carbons (Fsp3) is 0.432. The van der Waals surface area contributed by atoms with E-state index in [1.54, 1.807) is 24.5 Å². The molecular formula is C37H48N6O7S. The fourth-order valence-electron chi connectivity index (χ4n) is 5.40. The third-order valence-electron chi connectivity index (χ3n) is 8.28. The molecule has 13 nitrogen and oxygen atoms in total. The van der Waals surface area contributed by atoms with Gasteiger partial charge in [0.05, 0.1) is 35.5 Å². The van der Waals surface area contributed by atoms with Crippen LogP contribution in [0, 0.1) is 5.92 Å². The summed E-state index contributed by atoms with van der Waals surface area (Å²) in [4.78, 5) is 46.1. The molecule has 5 atom stereocenters. The fourth-order valence-corrected chi connectivity index (χ4v) is 6.22. The zero-order valence-corrected chi connectivity index (χ0v) is 30.4. The SMILES string of the molecule is CC(C)c1nc(CN(C)C(=O)N[C@H](C(=O)N[C@@H](Cc2ccccc2)[C@H](O)[C@@H](O)[C@H](Cc2ccccc2)NC(=O)OCc2ccno2)C(C)C)cs1. The van der Waals surface area contributed by atoms with E-state index < -0.39 is 48.4 Å². The average Bonchev–Trinajstić information content (AvgIpc) is 3.82. The Morgan fingerprint density at radius 1 is 0.863 bits per heavy atom. The number of carbonyl (C=O) groups excluding carboxylic acids is 3. The van der Waals surface area contributed by atoms with Crippen molar-refractivity contribution in [2.24, 2.45) is 5.92 Å². The van der Waals surface area contributed by atoms with Gasteiger partial charge in [0, 0.05) is 24.4 Å². The monoisotopic (exact) mass is 720 g/mol. The first-order valence-electron chi connectivity index (χ1n) is 16.9. The summed E-state index contributed by atoms with van der Waals surface area (Å²) in [6.07, 6.45) is -2.22. The zero-order chi connectivity index (χ0) is 36.9. The number of ether oxygens (including phenoxy) is 1. The third kappa shape index (κ3) is 11.9. The number of hydrogen-bond donors (Lipinski definition) is 5. The van der Waals surface area contributed by atoms with Gasteiger partial charge in [-0.3, -0.25) is 4.79 Å². The Hall–Kier alpha value is -4.79. The molecule has 0 unspecified atom stereocenters. The summed E-state index contributed by atoms with van der Waals surface area (Å²) in [7, 11) is 1.63. The van der Waals surface area contributed by atoms with Crippen molar-refractivity contribution in [3.8, 4) is 0 Å². The molecule has 0 aliphatic heterocycles.